The second-order valence-corrected chi connectivity index (χ2v) is 10.1. The standard InChI is InChI=1S/C21H21ClF3N3O7S/c22-17-4-3-15(10-16(17)21(23,24)25)36(32,33)28-7-5-13(6-8-28)19(30)35-12-18(29)27-20(31)26-11-14-2-1-9-34-14/h1-4,9-10,13H,5-8,11-12H2,(H2,26,27,29,31). The highest BCUT2D eigenvalue weighted by Gasteiger charge is 2.37. The number of amides is 3. The van der Waals surface area contributed by atoms with Crippen molar-refractivity contribution in [3.63, 3.8) is 0 Å². The number of piperidine rings is 1. The van der Waals surface area contributed by atoms with Gasteiger partial charge in [-0.15, -0.1) is 0 Å². The van der Waals surface area contributed by atoms with Gasteiger partial charge in [0.05, 0.1) is 34.2 Å². The summed E-state index contributed by atoms with van der Waals surface area (Å²) in [6.07, 6.45) is -3.35. The molecule has 1 fully saturated rings. The Kier molecular flexibility index (Phi) is 8.63. The van der Waals surface area contributed by atoms with Crippen LogP contribution in [0.2, 0.25) is 5.02 Å². The molecule has 0 radical (unpaired) electrons. The number of ether oxygens (including phenoxy) is 1. The number of alkyl halides is 3. The smallest absolute Gasteiger partial charge is 0.417 e. The number of nitrogens with one attached hydrogen (secondary N) is 2. The van der Waals surface area contributed by atoms with E-state index in [2.05, 4.69) is 5.32 Å². The van der Waals surface area contributed by atoms with E-state index >= 15 is 0 Å². The van der Waals surface area contributed by atoms with E-state index in [9.17, 15) is 36.0 Å². The van der Waals surface area contributed by atoms with Crippen molar-refractivity contribution in [2.24, 2.45) is 5.92 Å². The highest BCUT2D eigenvalue weighted by atomic mass is 35.5. The second-order valence-electron chi connectivity index (χ2n) is 7.74. The molecule has 0 saturated carbocycles. The SMILES string of the molecule is O=C(COC(=O)C1CCN(S(=O)(=O)c2ccc(Cl)c(C(F)(F)F)c2)CC1)NC(=O)NCc1ccco1. The molecular weight excluding hydrogens is 531 g/mol. The second kappa shape index (κ2) is 11.3. The number of imide groups is 1. The predicted octanol–water partition coefficient (Wildman–Crippen LogP) is 2.92. The van der Waals surface area contributed by atoms with Crippen molar-refractivity contribution in [3.8, 4) is 0 Å². The number of halogens is 4. The van der Waals surface area contributed by atoms with Crippen LogP contribution in [0.1, 0.15) is 24.2 Å². The predicted molar refractivity (Wildman–Crippen MR) is 118 cm³/mol. The fourth-order valence-corrected chi connectivity index (χ4v) is 5.13. The average Bonchev–Trinajstić information content (AvgIpc) is 3.34. The van der Waals surface area contributed by atoms with Gasteiger partial charge >= 0.3 is 18.2 Å². The first-order chi connectivity index (χ1) is 16.9. The molecule has 0 unspecified atom stereocenters. The van der Waals surface area contributed by atoms with E-state index in [1.807, 2.05) is 5.32 Å². The van der Waals surface area contributed by atoms with Crippen LogP contribution in [0.4, 0.5) is 18.0 Å². The topological polar surface area (TPSA) is 135 Å². The third-order valence-electron chi connectivity index (χ3n) is 5.27. The summed E-state index contributed by atoms with van der Waals surface area (Å²) in [4.78, 5) is 35.2. The van der Waals surface area contributed by atoms with Crippen molar-refractivity contribution < 1.29 is 45.1 Å². The van der Waals surface area contributed by atoms with Crippen LogP contribution in [0.25, 0.3) is 0 Å². The zero-order valence-electron chi connectivity index (χ0n) is 18.5. The summed E-state index contributed by atoms with van der Waals surface area (Å²) in [5.74, 6) is -1.89. The minimum atomic E-state index is -4.83. The average molecular weight is 552 g/mol. The van der Waals surface area contributed by atoms with E-state index in [-0.39, 0.29) is 32.5 Å². The monoisotopic (exact) mass is 551 g/mol. The van der Waals surface area contributed by atoms with Crippen LogP contribution in [-0.4, -0.2) is 50.3 Å². The quantitative estimate of drug-likeness (QED) is 0.505. The summed E-state index contributed by atoms with van der Waals surface area (Å²) in [5, 5.41) is 3.73. The zero-order valence-corrected chi connectivity index (χ0v) is 20.1. The Hall–Kier alpha value is -3.10. The minimum Gasteiger partial charge on any atom is -0.467 e. The molecule has 0 spiro atoms. The molecule has 3 rings (SSSR count). The number of carbonyl (C=O) groups is 3. The summed E-state index contributed by atoms with van der Waals surface area (Å²) in [6.45, 7) is -0.974. The maximum atomic E-state index is 13.1. The number of furan rings is 1. The molecule has 3 amide bonds. The van der Waals surface area contributed by atoms with Gasteiger partial charge in [-0.3, -0.25) is 14.9 Å². The van der Waals surface area contributed by atoms with Crippen LogP contribution in [0.3, 0.4) is 0 Å². The molecule has 15 heteroatoms. The van der Waals surface area contributed by atoms with E-state index < -0.39 is 62.1 Å². The molecule has 1 aromatic heterocycles. The van der Waals surface area contributed by atoms with Crippen LogP contribution in [0.15, 0.2) is 45.9 Å². The molecule has 10 nitrogen and oxygen atoms in total. The Balaban J connectivity index is 1.47. The van der Waals surface area contributed by atoms with Crippen molar-refractivity contribution in [1.29, 1.82) is 0 Å². The van der Waals surface area contributed by atoms with E-state index in [0.29, 0.717) is 11.8 Å². The van der Waals surface area contributed by atoms with E-state index in [1.54, 1.807) is 12.1 Å². The molecule has 0 aliphatic carbocycles. The van der Waals surface area contributed by atoms with Gasteiger partial charge in [-0.2, -0.15) is 17.5 Å². The van der Waals surface area contributed by atoms with Gasteiger partial charge in [0.25, 0.3) is 5.91 Å². The lowest BCUT2D eigenvalue weighted by molar-refractivity contribution is -0.153. The van der Waals surface area contributed by atoms with Gasteiger partial charge in [0.2, 0.25) is 10.0 Å². The third-order valence-corrected chi connectivity index (χ3v) is 7.49. The Labute approximate surface area is 208 Å². The van der Waals surface area contributed by atoms with Crippen molar-refractivity contribution in [2.45, 2.75) is 30.5 Å². The van der Waals surface area contributed by atoms with Gasteiger partial charge in [0.1, 0.15) is 5.76 Å². The third kappa shape index (κ3) is 6.98. The number of hydrogen-bond acceptors (Lipinski definition) is 7. The van der Waals surface area contributed by atoms with E-state index in [0.717, 1.165) is 16.4 Å². The lowest BCUT2D eigenvalue weighted by Crippen LogP contribution is -2.42. The summed E-state index contributed by atoms with van der Waals surface area (Å²) in [6, 6.07) is 4.75. The highest BCUT2D eigenvalue weighted by molar-refractivity contribution is 7.89. The summed E-state index contributed by atoms with van der Waals surface area (Å²) in [7, 11) is -4.26. The zero-order chi connectivity index (χ0) is 26.5. The summed E-state index contributed by atoms with van der Waals surface area (Å²) in [5.41, 5.74) is -1.27. The van der Waals surface area contributed by atoms with Crippen molar-refractivity contribution >= 4 is 39.5 Å². The number of hydrogen-bond donors (Lipinski definition) is 2. The number of benzene rings is 1. The van der Waals surface area contributed by atoms with Crippen LogP contribution in [-0.2, 0) is 37.1 Å². The molecule has 2 heterocycles. The molecule has 1 aliphatic heterocycles. The fourth-order valence-electron chi connectivity index (χ4n) is 3.40. The summed E-state index contributed by atoms with van der Waals surface area (Å²) < 4.78 is 75.8. The molecular formula is C21H21ClF3N3O7S. The lowest BCUT2D eigenvalue weighted by atomic mass is 9.98. The van der Waals surface area contributed by atoms with Gasteiger partial charge in [-0.1, -0.05) is 11.6 Å². The number of urea groups is 1. The van der Waals surface area contributed by atoms with Gasteiger partial charge in [0.15, 0.2) is 6.61 Å². The first-order valence-electron chi connectivity index (χ1n) is 10.5. The number of esters is 1. The van der Waals surface area contributed by atoms with Gasteiger partial charge in [-0.05, 0) is 43.2 Å². The molecule has 196 valence electrons. The fraction of sp³-hybridized carbons (Fsp3) is 0.381. The van der Waals surface area contributed by atoms with Crippen LogP contribution in [0.5, 0.6) is 0 Å². The molecule has 2 aromatic rings. The molecule has 1 aromatic carbocycles. The first kappa shape index (κ1) is 27.5. The highest BCUT2D eigenvalue weighted by Crippen LogP contribution is 2.36. The molecule has 0 atom stereocenters. The number of rotatable bonds is 7. The summed E-state index contributed by atoms with van der Waals surface area (Å²) >= 11 is 5.55. The number of nitrogens with zero attached hydrogens (tertiary/aromatic N) is 1. The molecule has 1 aliphatic rings. The lowest BCUT2D eigenvalue weighted by Gasteiger charge is -2.30. The Morgan fingerprint density at radius 2 is 1.86 bits per heavy atom. The molecule has 1 saturated heterocycles. The molecule has 36 heavy (non-hydrogen) atoms. The number of sulfonamides is 1. The van der Waals surface area contributed by atoms with E-state index in [1.165, 1.54) is 6.26 Å². The van der Waals surface area contributed by atoms with Crippen LogP contribution in [0, 0.1) is 5.92 Å². The maximum Gasteiger partial charge on any atom is 0.417 e. The van der Waals surface area contributed by atoms with Gasteiger partial charge < -0.3 is 14.5 Å². The Morgan fingerprint density at radius 3 is 2.47 bits per heavy atom. The van der Waals surface area contributed by atoms with Crippen molar-refractivity contribution in [2.75, 3.05) is 19.7 Å². The van der Waals surface area contributed by atoms with Crippen molar-refractivity contribution in [1.82, 2.24) is 14.9 Å². The Bertz CT molecular complexity index is 1210. The maximum absolute atomic E-state index is 13.1. The van der Waals surface area contributed by atoms with Gasteiger partial charge in [0, 0.05) is 13.1 Å². The van der Waals surface area contributed by atoms with Crippen LogP contribution >= 0.6 is 11.6 Å². The van der Waals surface area contributed by atoms with Gasteiger partial charge in [-0.25, -0.2) is 13.2 Å². The largest absolute Gasteiger partial charge is 0.467 e. The van der Waals surface area contributed by atoms with E-state index in [4.69, 9.17) is 20.8 Å². The normalized spacial score (nSPS) is 15.3. The number of carbonyl (C=O) groups excluding carboxylic acids is 3. The first-order valence-corrected chi connectivity index (χ1v) is 12.3. The molecule has 2 N–H and O–H groups in total. The Morgan fingerprint density at radius 1 is 1.17 bits per heavy atom. The van der Waals surface area contributed by atoms with Crippen LogP contribution < -0.4 is 10.6 Å². The molecule has 0 bridgehead atoms. The van der Waals surface area contributed by atoms with Crippen molar-refractivity contribution in [3.05, 3.63) is 52.9 Å². The minimum absolute atomic E-state index is 0.0308.